The number of aliphatic carboxylic acids is 1. The van der Waals surface area contributed by atoms with Gasteiger partial charge in [-0.3, -0.25) is 4.79 Å². The van der Waals surface area contributed by atoms with Crippen molar-refractivity contribution in [3.05, 3.63) is 0 Å². The summed E-state index contributed by atoms with van der Waals surface area (Å²) in [6.07, 6.45) is 0.522. The van der Waals surface area contributed by atoms with Crippen LogP contribution in [-0.2, 0) is 9.53 Å². The maximum atomic E-state index is 10.5. The highest BCUT2D eigenvalue weighted by Gasteiger charge is 2.31. The normalized spacial score (nSPS) is 28.3. The molecule has 1 aliphatic rings. The Hall–Kier alpha value is -0.610. The lowest BCUT2D eigenvalue weighted by molar-refractivity contribution is -0.148. The van der Waals surface area contributed by atoms with E-state index in [-0.39, 0.29) is 6.10 Å². The van der Waals surface area contributed by atoms with Crippen molar-refractivity contribution >= 4 is 5.97 Å². The molecule has 2 N–H and O–H groups in total. The maximum Gasteiger partial charge on any atom is 0.308 e. The van der Waals surface area contributed by atoms with Gasteiger partial charge in [-0.05, 0) is 19.8 Å². The van der Waals surface area contributed by atoms with Crippen LogP contribution in [0.4, 0.5) is 0 Å². The molecular formula is C8H14O4. The second-order valence-electron chi connectivity index (χ2n) is 3.17. The summed E-state index contributed by atoms with van der Waals surface area (Å²) in [5, 5.41) is 18.1. The highest BCUT2D eigenvalue weighted by molar-refractivity contribution is 5.70. The molecule has 1 saturated heterocycles. The first-order valence-corrected chi connectivity index (χ1v) is 4.15. The van der Waals surface area contributed by atoms with Crippen LogP contribution in [0.1, 0.15) is 19.8 Å². The monoisotopic (exact) mass is 174 g/mol. The van der Waals surface area contributed by atoms with Gasteiger partial charge in [0.15, 0.2) is 0 Å². The molecule has 0 amide bonds. The van der Waals surface area contributed by atoms with Gasteiger partial charge in [-0.25, -0.2) is 0 Å². The van der Waals surface area contributed by atoms with Crippen LogP contribution >= 0.6 is 0 Å². The smallest absolute Gasteiger partial charge is 0.308 e. The summed E-state index contributed by atoms with van der Waals surface area (Å²) in [6, 6.07) is 0. The minimum absolute atomic E-state index is 0.281. The van der Waals surface area contributed by atoms with Crippen molar-refractivity contribution in [2.75, 3.05) is 6.61 Å². The lowest BCUT2D eigenvalue weighted by Gasteiger charge is -2.20. The molecule has 0 aromatic carbocycles. The molecule has 0 saturated carbocycles. The summed E-state index contributed by atoms with van der Waals surface area (Å²) in [5.41, 5.74) is 0. The van der Waals surface area contributed by atoms with Gasteiger partial charge in [-0.2, -0.15) is 0 Å². The van der Waals surface area contributed by atoms with E-state index in [0.29, 0.717) is 6.61 Å². The average molecular weight is 174 g/mol. The molecule has 1 rings (SSSR count). The molecule has 3 unspecified atom stereocenters. The van der Waals surface area contributed by atoms with Crippen molar-refractivity contribution in [1.82, 2.24) is 0 Å². The molecule has 12 heavy (non-hydrogen) atoms. The Morgan fingerprint density at radius 2 is 2.33 bits per heavy atom. The minimum Gasteiger partial charge on any atom is -0.481 e. The molecule has 0 aliphatic carbocycles. The van der Waals surface area contributed by atoms with Crippen molar-refractivity contribution in [3.63, 3.8) is 0 Å². The van der Waals surface area contributed by atoms with Crippen molar-refractivity contribution in [2.24, 2.45) is 5.92 Å². The van der Waals surface area contributed by atoms with Gasteiger partial charge in [0, 0.05) is 6.61 Å². The van der Waals surface area contributed by atoms with Gasteiger partial charge in [-0.15, -0.1) is 0 Å². The zero-order valence-electron chi connectivity index (χ0n) is 7.06. The highest BCUT2D eigenvalue weighted by atomic mass is 16.5. The Morgan fingerprint density at radius 1 is 1.67 bits per heavy atom. The molecule has 1 fully saturated rings. The van der Waals surface area contributed by atoms with Crippen LogP contribution in [0.15, 0.2) is 0 Å². The van der Waals surface area contributed by atoms with E-state index in [2.05, 4.69) is 0 Å². The Bertz CT molecular complexity index is 162. The molecule has 4 heteroatoms. The summed E-state index contributed by atoms with van der Waals surface area (Å²) in [4.78, 5) is 10.5. The third-order valence-electron chi connectivity index (χ3n) is 2.25. The number of aliphatic hydroxyl groups excluding tert-OH is 1. The van der Waals surface area contributed by atoms with Crippen LogP contribution < -0.4 is 0 Å². The maximum absolute atomic E-state index is 10.5. The molecular weight excluding hydrogens is 160 g/mol. The van der Waals surface area contributed by atoms with Crippen molar-refractivity contribution in [1.29, 1.82) is 0 Å². The van der Waals surface area contributed by atoms with Gasteiger partial charge in [0.2, 0.25) is 0 Å². The molecule has 0 spiro atoms. The summed E-state index contributed by atoms with van der Waals surface area (Å²) >= 11 is 0. The standard InChI is InChI=1S/C8H14O4/c1-5(8(10)11)7(9)6-3-2-4-12-6/h5-7,9H,2-4H2,1H3,(H,10,11). The summed E-state index contributed by atoms with van der Waals surface area (Å²) in [5.74, 6) is -1.72. The topological polar surface area (TPSA) is 66.8 Å². The van der Waals surface area contributed by atoms with Crippen LogP contribution in [0.3, 0.4) is 0 Å². The molecule has 1 aliphatic heterocycles. The number of hydrogen-bond acceptors (Lipinski definition) is 3. The number of rotatable bonds is 3. The molecule has 70 valence electrons. The molecule has 0 aromatic heterocycles. The van der Waals surface area contributed by atoms with E-state index < -0.39 is 18.0 Å². The van der Waals surface area contributed by atoms with E-state index in [1.165, 1.54) is 6.92 Å². The lowest BCUT2D eigenvalue weighted by atomic mass is 9.98. The quantitative estimate of drug-likeness (QED) is 0.643. The van der Waals surface area contributed by atoms with Crippen LogP contribution in [0.25, 0.3) is 0 Å². The van der Waals surface area contributed by atoms with Crippen molar-refractivity contribution < 1.29 is 19.7 Å². The summed E-state index contributed by atoms with van der Waals surface area (Å²) < 4.78 is 5.17. The Labute approximate surface area is 71.2 Å². The minimum atomic E-state index is -0.974. The molecule has 0 bridgehead atoms. The van der Waals surface area contributed by atoms with Crippen LogP contribution in [-0.4, -0.2) is 35.0 Å². The fourth-order valence-corrected chi connectivity index (χ4v) is 1.34. The molecule has 0 radical (unpaired) electrons. The number of carboxylic acid groups (broad SMARTS) is 1. The largest absolute Gasteiger partial charge is 0.481 e. The van der Waals surface area contributed by atoms with E-state index in [1.807, 2.05) is 0 Å². The van der Waals surface area contributed by atoms with E-state index >= 15 is 0 Å². The summed E-state index contributed by atoms with van der Waals surface area (Å²) in [6.45, 7) is 2.13. The summed E-state index contributed by atoms with van der Waals surface area (Å²) in [7, 11) is 0. The SMILES string of the molecule is CC(C(=O)O)C(O)C1CCCO1. The van der Waals surface area contributed by atoms with E-state index in [4.69, 9.17) is 9.84 Å². The number of hydrogen-bond donors (Lipinski definition) is 2. The zero-order valence-corrected chi connectivity index (χ0v) is 7.06. The van der Waals surface area contributed by atoms with Gasteiger partial charge in [0.25, 0.3) is 0 Å². The van der Waals surface area contributed by atoms with Crippen molar-refractivity contribution in [2.45, 2.75) is 32.0 Å². The number of carboxylic acids is 1. The van der Waals surface area contributed by atoms with Gasteiger partial charge >= 0.3 is 5.97 Å². The molecule has 3 atom stereocenters. The molecule has 1 heterocycles. The number of aliphatic hydroxyl groups is 1. The fraction of sp³-hybridized carbons (Fsp3) is 0.875. The lowest BCUT2D eigenvalue weighted by Crippen LogP contribution is -2.35. The first kappa shape index (κ1) is 9.48. The predicted octanol–water partition coefficient (Wildman–Crippen LogP) is 0.247. The molecule has 0 aromatic rings. The van der Waals surface area contributed by atoms with E-state index in [9.17, 15) is 9.90 Å². The first-order valence-electron chi connectivity index (χ1n) is 4.15. The Balaban J connectivity index is 2.44. The highest BCUT2D eigenvalue weighted by Crippen LogP contribution is 2.20. The van der Waals surface area contributed by atoms with Gasteiger partial charge in [0.1, 0.15) is 0 Å². The molecule has 4 nitrogen and oxygen atoms in total. The fourth-order valence-electron chi connectivity index (χ4n) is 1.34. The van der Waals surface area contributed by atoms with Crippen LogP contribution in [0.5, 0.6) is 0 Å². The van der Waals surface area contributed by atoms with E-state index in [1.54, 1.807) is 0 Å². The van der Waals surface area contributed by atoms with Gasteiger partial charge in [-0.1, -0.05) is 0 Å². The average Bonchev–Trinajstić information content (AvgIpc) is 2.53. The van der Waals surface area contributed by atoms with Crippen LogP contribution in [0, 0.1) is 5.92 Å². The number of ether oxygens (including phenoxy) is 1. The third kappa shape index (κ3) is 1.95. The Morgan fingerprint density at radius 3 is 2.75 bits per heavy atom. The zero-order chi connectivity index (χ0) is 9.14. The van der Waals surface area contributed by atoms with Gasteiger partial charge in [0.05, 0.1) is 18.1 Å². The number of carbonyl (C=O) groups is 1. The van der Waals surface area contributed by atoms with E-state index in [0.717, 1.165) is 12.8 Å². The third-order valence-corrected chi connectivity index (χ3v) is 2.25. The van der Waals surface area contributed by atoms with Gasteiger partial charge < -0.3 is 14.9 Å². The second kappa shape index (κ2) is 3.87. The van der Waals surface area contributed by atoms with Crippen molar-refractivity contribution in [3.8, 4) is 0 Å². The Kier molecular flexibility index (Phi) is 3.05. The predicted molar refractivity (Wildman–Crippen MR) is 41.8 cm³/mol. The van der Waals surface area contributed by atoms with Crippen LogP contribution in [0.2, 0.25) is 0 Å². The first-order chi connectivity index (χ1) is 5.63. The second-order valence-corrected chi connectivity index (χ2v) is 3.17.